The van der Waals surface area contributed by atoms with Gasteiger partial charge in [0.2, 0.25) is 0 Å². The van der Waals surface area contributed by atoms with Gasteiger partial charge in [-0.15, -0.1) is 0 Å². The van der Waals surface area contributed by atoms with Crippen molar-refractivity contribution in [1.29, 1.82) is 5.53 Å². The predicted molar refractivity (Wildman–Crippen MR) is 107 cm³/mol. The maximum atomic E-state index is 12.5. The molecule has 2 aromatic carbocycles. The van der Waals surface area contributed by atoms with Crippen molar-refractivity contribution in [3.63, 3.8) is 0 Å². The Balaban J connectivity index is 2.19. The Hall–Kier alpha value is -3.63. The predicted octanol–water partition coefficient (Wildman–Crippen LogP) is 1.35. The van der Waals surface area contributed by atoms with E-state index in [-0.39, 0.29) is 12.1 Å². The van der Waals surface area contributed by atoms with Crippen LogP contribution in [0.4, 0.5) is 5.69 Å². The minimum Gasteiger partial charge on any atom is -0.399 e. The molecule has 0 bridgehead atoms. The van der Waals surface area contributed by atoms with Gasteiger partial charge in [-0.1, -0.05) is 24.3 Å². The molecule has 0 saturated heterocycles. The van der Waals surface area contributed by atoms with Crippen LogP contribution >= 0.6 is 0 Å². The van der Waals surface area contributed by atoms with Crippen LogP contribution in [0.15, 0.2) is 58.6 Å². The second-order valence-electron chi connectivity index (χ2n) is 6.33. The number of benzene rings is 2. The summed E-state index contributed by atoms with van der Waals surface area (Å²) in [6.45, 7) is 1.07. The van der Waals surface area contributed by atoms with Gasteiger partial charge in [0, 0.05) is 17.5 Å². The van der Waals surface area contributed by atoms with Crippen LogP contribution in [0.1, 0.15) is 17.3 Å². The molecule has 0 fully saturated rings. The lowest BCUT2D eigenvalue weighted by atomic mass is 10.0. The van der Waals surface area contributed by atoms with Crippen LogP contribution < -0.4 is 16.5 Å². The average Bonchev–Trinajstić information content (AvgIpc) is 2.72. The smallest absolute Gasteiger partial charge is 0.270 e. The SMILES string of the molecule is CC(O)(N=CCN=N)C(NC(=O)c1ccc(-c2ccc(N)cc2)cc1)C(=O)NO. The molecule has 152 valence electrons. The van der Waals surface area contributed by atoms with Gasteiger partial charge in [-0.05, 0) is 42.3 Å². The Morgan fingerprint density at radius 3 is 2.24 bits per heavy atom. The van der Waals surface area contributed by atoms with Gasteiger partial charge < -0.3 is 16.2 Å². The monoisotopic (exact) mass is 398 g/mol. The summed E-state index contributed by atoms with van der Waals surface area (Å²) >= 11 is 0. The van der Waals surface area contributed by atoms with Gasteiger partial charge in [-0.2, -0.15) is 5.11 Å². The standard InChI is InChI=1S/C19H22N6O4/c1-19(28,22-10-11-23-21)16(18(27)25-29)24-17(26)14-4-2-12(3-5-14)13-6-8-15(20)9-7-13/h2-10,16,21,28-29H,11,20H2,1H3,(H,24,26)(H,25,27). The third kappa shape index (κ3) is 5.67. The Morgan fingerprint density at radius 2 is 1.72 bits per heavy atom. The Labute approximate surface area is 166 Å². The van der Waals surface area contributed by atoms with Crippen molar-refractivity contribution in [2.75, 3.05) is 12.3 Å². The lowest BCUT2D eigenvalue weighted by Gasteiger charge is -2.28. The van der Waals surface area contributed by atoms with Crippen molar-refractivity contribution in [3.05, 3.63) is 54.1 Å². The summed E-state index contributed by atoms with van der Waals surface area (Å²) in [5.41, 5.74) is 14.4. The van der Waals surface area contributed by atoms with Crippen molar-refractivity contribution >= 4 is 23.7 Å². The molecule has 0 radical (unpaired) electrons. The number of carbonyl (C=O) groups excluding carboxylic acids is 2. The second-order valence-corrected chi connectivity index (χ2v) is 6.33. The molecule has 2 amide bonds. The van der Waals surface area contributed by atoms with E-state index in [1.807, 2.05) is 12.1 Å². The molecule has 0 aliphatic heterocycles. The molecule has 0 heterocycles. The number of rotatable bonds is 8. The molecule has 2 rings (SSSR count). The molecule has 29 heavy (non-hydrogen) atoms. The Bertz CT molecular complexity index is 894. The third-order valence-electron chi connectivity index (χ3n) is 4.11. The number of nitrogens with zero attached hydrogens (tertiary/aromatic N) is 2. The van der Waals surface area contributed by atoms with Gasteiger partial charge in [0.25, 0.3) is 11.8 Å². The van der Waals surface area contributed by atoms with E-state index in [9.17, 15) is 14.7 Å². The summed E-state index contributed by atoms with van der Waals surface area (Å²) in [7, 11) is 0. The number of nitrogen functional groups attached to an aromatic ring is 1. The number of aliphatic hydroxyl groups is 1. The van der Waals surface area contributed by atoms with Crippen molar-refractivity contribution in [2.45, 2.75) is 18.7 Å². The fourth-order valence-electron chi connectivity index (χ4n) is 2.56. The van der Waals surface area contributed by atoms with E-state index in [0.29, 0.717) is 5.69 Å². The number of hydrogen-bond acceptors (Lipinski definition) is 8. The van der Waals surface area contributed by atoms with E-state index in [1.54, 1.807) is 36.4 Å². The number of hydroxylamine groups is 1. The molecule has 2 aromatic rings. The summed E-state index contributed by atoms with van der Waals surface area (Å²) in [5.74, 6) is -1.70. The topological polar surface area (TPSA) is 173 Å². The van der Waals surface area contributed by atoms with Crippen LogP contribution in [-0.2, 0) is 4.79 Å². The number of carbonyl (C=O) groups is 2. The quantitative estimate of drug-likeness (QED) is 0.129. The maximum Gasteiger partial charge on any atom is 0.270 e. The molecule has 0 aliphatic rings. The average molecular weight is 398 g/mol. The number of amides is 2. The first-order valence-corrected chi connectivity index (χ1v) is 8.58. The summed E-state index contributed by atoms with van der Waals surface area (Å²) in [6, 6.07) is 12.2. The first-order valence-electron chi connectivity index (χ1n) is 8.58. The van der Waals surface area contributed by atoms with Crippen LogP contribution in [0.2, 0.25) is 0 Å². The zero-order valence-corrected chi connectivity index (χ0v) is 15.7. The molecule has 2 atom stereocenters. The van der Waals surface area contributed by atoms with Crippen molar-refractivity contribution in [2.24, 2.45) is 10.1 Å². The molecule has 10 nitrogen and oxygen atoms in total. The van der Waals surface area contributed by atoms with E-state index < -0.39 is 23.6 Å². The highest BCUT2D eigenvalue weighted by molar-refractivity contribution is 5.98. The largest absolute Gasteiger partial charge is 0.399 e. The van der Waals surface area contributed by atoms with Gasteiger partial charge in [-0.25, -0.2) is 11.0 Å². The number of nitrogens with two attached hydrogens (primary N) is 1. The summed E-state index contributed by atoms with van der Waals surface area (Å²) in [4.78, 5) is 28.2. The molecule has 7 N–H and O–H groups in total. The Kier molecular flexibility index (Phi) is 7.12. The van der Waals surface area contributed by atoms with Crippen LogP contribution in [0.25, 0.3) is 11.1 Å². The molecule has 10 heteroatoms. The molecule has 0 spiro atoms. The Morgan fingerprint density at radius 1 is 1.17 bits per heavy atom. The molecule has 0 aliphatic carbocycles. The zero-order chi connectivity index (χ0) is 21.4. The first-order chi connectivity index (χ1) is 13.8. The third-order valence-corrected chi connectivity index (χ3v) is 4.11. The number of nitrogens with one attached hydrogen (secondary N) is 3. The second kappa shape index (κ2) is 9.53. The zero-order valence-electron chi connectivity index (χ0n) is 15.7. The number of anilines is 1. The highest BCUT2D eigenvalue weighted by Gasteiger charge is 2.38. The number of aliphatic imine (C=N–C) groups is 1. The van der Waals surface area contributed by atoms with Crippen LogP contribution in [0, 0.1) is 5.53 Å². The molecular formula is C19H22N6O4. The highest BCUT2D eigenvalue weighted by Crippen LogP contribution is 2.21. The van der Waals surface area contributed by atoms with Gasteiger partial charge in [-0.3, -0.25) is 19.8 Å². The van der Waals surface area contributed by atoms with Gasteiger partial charge in [0.1, 0.15) is 0 Å². The minimum absolute atomic E-state index is 0.107. The van der Waals surface area contributed by atoms with Crippen LogP contribution in [0.5, 0.6) is 0 Å². The van der Waals surface area contributed by atoms with E-state index in [0.717, 1.165) is 17.3 Å². The van der Waals surface area contributed by atoms with Crippen molar-refractivity contribution in [1.82, 2.24) is 10.8 Å². The number of hydrogen-bond donors (Lipinski definition) is 6. The lowest BCUT2D eigenvalue weighted by molar-refractivity contribution is -0.137. The summed E-state index contributed by atoms with van der Waals surface area (Å²) in [6.07, 6.45) is 1.12. The molecular weight excluding hydrogens is 376 g/mol. The van der Waals surface area contributed by atoms with Crippen molar-refractivity contribution in [3.8, 4) is 11.1 Å². The summed E-state index contributed by atoms with van der Waals surface area (Å²) in [5, 5.41) is 24.8. The van der Waals surface area contributed by atoms with Crippen LogP contribution in [0.3, 0.4) is 0 Å². The molecule has 0 aromatic heterocycles. The first kappa shape index (κ1) is 21.7. The molecule has 2 unspecified atom stereocenters. The van der Waals surface area contributed by atoms with Gasteiger partial charge >= 0.3 is 0 Å². The lowest BCUT2D eigenvalue weighted by Crippen LogP contribution is -2.57. The van der Waals surface area contributed by atoms with E-state index in [1.165, 1.54) is 12.4 Å². The van der Waals surface area contributed by atoms with Gasteiger partial charge in [0.15, 0.2) is 11.8 Å². The van der Waals surface area contributed by atoms with E-state index in [2.05, 4.69) is 15.4 Å². The fraction of sp³-hybridized carbons (Fsp3) is 0.211. The molecule has 0 saturated carbocycles. The maximum absolute atomic E-state index is 12.5. The summed E-state index contributed by atoms with van der Waals surface area (Å²) < 4.78 is 0. The van der Waals surface area contributed by atoms with E-state index >= 15 is 0 Å². The van der Waals surface area contributed by atoms with E-state index in [4.69, 9.17) is 16.5 Å². The van der Waals surface area contributed by atoms with Crippen molar-refractivity contribution < 1.29 is 19.9 Å². The fourth-order valence-corrected chi connectivity index (χ4v) is 2.56. The minimum atomic E-state index is -2.07. The van der Waals surface area contributed by atoms with Crippen LogP contribution in [-0.4, -0.2) is 46.7 Å². The highest BCUT2D eigenvalue weighted by atomic mass is 16.5. The van der Waals surface area contributed by atoms with Gasteiger partial charge in [0.05, 0.1) is 6.54 Å². The normalized spacial score (nSPS) is 14.0.